The Balaban J connectivity index is 1.94. The van der Waals surface area contributed by atoms with Crippen LogP contribution in [0.15, 0.2) is 94.4 Å². The van der Waals surface area contributed by atoms with Gasteiger partial charge in [0.1, 0.15) is 10.9 Å². The van der Waals surface area contributed by atoms with Crippen molar-refractivity contribution in [1.82, 2.24) is 0 Å². The van der Waals surface area contributed by atoms with Crippen molar-refractivity contribution in [2.45, 2.75) is 17.9 Å². The second-order valence-electron chi connectivity index (χ2n) is 6.99. The van der Waals surface area contributed by atoms with Gasteiger partial charge in [0.2, 0.25) is 9.84 Å². The minimum absolute atomic E-state index is 0.0479. The lowest BCUT2D eigenvalue weighted by Crippen LogP contribution is -2.31. The number of carbonyl (C=O) groups excluding carboxylic acids is 1. The van der Waals surface area contributed by atoms with Crippen LogP contribution in [0.1, 0.15) is 17.2 Å². The highest BCUT2D eigenvalue weighted by Gasteiger charge is 2.47. The zero-order valence-corrected chi connectivity index (χ0v) is 17.6. The lowest BCUT2D eigenvalue weighted by atomic mass is 10.0. The first-order valence-corrected chi connectivity index (χ1v) is 11.1. The normalized spacial score (nSPS) is 16.9. The van der Waals surface area contributed by atoms with Crippen LogP contribution in [0.3, 0.4) is 0 Å². The first-order valence-electron chi connectivity index (χ1n) is 9.19. The van der Waals surface area contributed by atoms with Crippen LogP contribution < -0.4 is 4.90 Å². The number of para-hydroxylation sites is 1. The van der Waals surface area contributed by atoms with Gasteiger partial charge in [-0.1, -0.05) is 59.6 Å². The number of aliphatic hydroxyl groups excluding tert-OH is 1. The molecule has 0 aromatic heterocycles. The van der Waals surface area contributed by atoms with Gasteiger partial charge < -0.3 is 5.11 Å². The maximum Gasteiger partial charge on any atom is 0.295 e. The van der Waals surface area contributed by atoms with Gasteiger partial charge in [-0.05, 0) is 48.9 Å². The van der Waals surface area contributed by atoms with Crippen molar-refractivity contribution in [3.05, 3.63) is 106 Å². The fraction of sp³-hybridized carbons (Fsp3) is 0.0870. The summed E-state index contributed by atoms with van der Waals surface area (Å²) in [6, 6.07) is 20.5. The van der Waals surface area contributed by atoms with Crippen molar-refractivity contribution in [2.24, 2.45) is 0 Å². The van der Waals surface area contributed by atoms with Gasteiger partial charge in [-0.3, -0.25) is 9.69 Å². The molecule has 3 aromatic rings. The number of sulfone groups is 1. The number of anilines is 1. The van der Waals surface area contributed by atoms with E-state index >= 15 is 0 Å². The van der Waals surface area contributed by atoms with E-state index in [4.69, 9.17) is 11.6 Å². The monoisotopic (exact) mass is 439 g/mol. The molecule has 0 spiro atoms. The number of halogens is 1. The van der Waals surface area contributed by atoms with Crippen molar-refractivity contribution in [1.29, 1.82) is 0 Å². The number of aliphatic hydroxyl groups is 1. The summed E-state index contributed by atoms with van der Waals surface area (Å²) in [5, 5.41) is 11.1. The van der Waals surface area contributed by atoms with Crippen LogP contribution in [0.2, 0.25) is 5.02 Å². The maximum absolute atomic E-state index is 13.5. The molecular formula is C23H18ClNO4S. The molecule has 4 rings (SSSR count). The molecule has 5 nitrogen and oxygen atoms in total. The third kappa shape index (κ3) is 3.38. The molecule has 1 atom stereocenters. The number of hydrogen-bond donors (Lipinski definition) is 1. The maximum atomic E-state index is 13.5. The Kier molecular flexibility index (Phi) is 5.13. The fourth-order valence-corrected chi connectivity index (χ4v) is 5.25. The summed E-state index contributed by atoms with van der Waals surface area (Å²) in [6.45, 7) is 1.91. The zero-order chi connectivity index (χ0) is 21.5. The first kappa shape index (κ1) is 20.2. The third-order valence-corrected chi connectivity index (χ3v) is 7.14. The number of amides is 1. The molecule has 152 valence electrons. The zero-order valence-electron chi connectivity index (χ0n) is 16.0. The van der Waals surface area contributed by atoms with Gasteiger partial charge in [0.05, 0.1) is 4.90 Å². The topological polar surface area (TPSA) is 74.7 Å². The van der Waals surface area contributed by atoms with E-state index in [1.165, 1.54) is 29.2 Å². The molecule has 30 heavy (non-hydrogen) atoms. The molecule has 0 unspecified atom stereocenters. The Labute approximate surface area is 179 Å². The van der Waals surface area contributed by atoms with Crippen molar-refractivity contribution in [2.75, 3.05) is 4.90 Å². The quantitative estimate of drug-likeness (QED) is 0.622. The summed E-state index contributed by atoms with van der Waals surface area (Å²) in [7, 11) is -4.18. The van der Waals surface area contributed by atoms with E-state index in [9.17, 15) is 18.3 Å². The third-order valence-electron chi connectivity index (χ3n) is 5.00. The van der Waals surface area contributed by atoms with Gasteiger partial charge in [-0.2, -0.15) is 0 Å². The molecular weight excluding hydrogens is 422 g/mol. The number of aryl methyl sites for hydroxylation is 1. The van der Waals surface area contributed by atoms with Crippen LogP contribution in [-0.4, -0.2) is 19.4 Å². The van der Waals surface area contributed by atoms with E-state index in [1.807, 2.05) is 19.1 Å². The van der Waals surface area contributed by atoms with Crippen LogP contribution in [-0.2, 0) is 14.6 Å². The Morgan fingerprint density at radius 2 is 1.50 bits per heavy atom. The summed E-state index contributed by atoms with van der Waals surface area (Å²) in [5.41, 5.74) is 2.06. The van der Waals surface area contributed by atoms with Gasteiger partial charge in [-0.25, -0.2) is 8.42 Å². The largest absolute Gasteiger partial charge is 0.502 e. The van der Waals surface area contributed by atoms with Crippen molar-refractivity contribution in [3.8, 4) is 0 Å². The predicted octanol–water partition coefficient (Wildman–Crippen LogP) is 4.98. The van der Waals surface area contributed by atoms with E-state index in [1.54, 1.807) is 42.5 Å². The van der Waals surface area contributed by atoms with E-state index < -0.39 is 27.5 Å². The van der Waals surface area contributed by atoms with Crippen LogP contribution in [0.4, 0.5) is 5.69 Å². The number of nitrogens with zero attached hydrogens (tertiary/aromatic N) is 1. The molecule has 0 saturated carbocycles. The standard InChI is InChI=1S/C23H18ClNO4S/c1-15-7-9-16(10-8-15)20-22(30(28,29)19-13-11-17(24)12-14-19)21(26)23(27)25(20)18-5-3-2-4-6-18/h2-14,20,26H,1H3/t20-/m0/s1. The highest BCUT2D eigenvalue weighted by atomic mass is 35.5. The Hall–Kier alpha value is -3.09. The van der Waals surface area contributed by atoms with Gasteiger partial charge in [0, 0.05) is 10.7 Å². The molecule has 0 fully saturated rings. The molecule has 1 aliphatic heterocycles. The summed E-state index contributed by atoms with van der Waals surface area (Å²) in [6.07, 6.45) is 0. The van der Waals surface area contributed by atoms with Crippen LogP contribution in [0, 0.1) is 6.92 Å². The van der Waals surface area contributed by atoms with Crippen molar-refractivity contribution in [3.63, 3.8) is 0 Å². The van der Waals surface area contributed by atoms with E-state index in [2.05, 4.69) is 0 Å². The SMILES string of the molecule is Cc1ccc([C@H]2C(S(=O)(=O)c3ccc(Cl)cc3)=C(O)C(=O)N2c2ccccc2)cc1. The Morgan fingerprint density at radius 3 is 2.10 bits per heavy atom. The summed E-state index contributed by atoms with van der Waals surface area (Å²) < 4.78 is 27.0. The fourth-order valence-electron chi connectivity index (χ4n) is 3.50. The molecule has 1 heterocycles. The van der Waals surface area contributed by atoms with Gasteiger partial charge in [0.25, 0.3) is 5.91 Å². The number of benzene rings is 3. The Morgan fingerprint density at radius 1 is 0.900 bits per heavy atom. The summed E-state index contributed by atoms with van der Waals surface area (Å²) in [4.78, 5) is 13.9. The van der Waals surface area contributed by atoms with Gasteiger partial charge in [-0.15, -0.1) is 0 Å². The molecule has 1 N–H and O–H groups in total. The number of carbonyl (C=O) groups is 1. The molecule has 1 amide bonds. The van der Waals surface area contributed by atoms with Crippen LogP contribution >= 0.6 is 11.6 Å². The first-order chi connectivity index (χ1) is 14.3. The lowest BCUT2D eigenvalue weighted by Gasteiger charge is -2.27. The van der Waals surface area contributed by atoms with E-state index in [0.29, 0.717) is 16.3 Å². The highest BCUT2D eigenvalue weighted by molar-refractivity contribution is 7.95. The van der Waals surface area contributed by atoms with E-state index in [0.717, 1.165) is 5.56 Å². The van der Waals surface area contributed by atoms with E-state index in [-0.39, 0.29) is 9.80 Å². The highest BCUT2D eigenvalue weighted by Crippen LogP contribution is 2.44. The molecule has 1 aliphatic rings. The minimum atomic E-state index is -4.18. The second-order valence-corrected chi connectivity index (χ2v) is 9.35. The average molecular weight is 440 g/mol. The molecule has 0 aliphatic carbocycles. The summed E-state index contributed by atoms with van der Waals surface area (Å²) in [5.74, 6) is -1.54. The minimum Gasteiger partial charge on any atom is -0.502 e. The van der Waals surface area contributed by atoms with Crippen molar-refractivity contribution >= 4 is 33.0 Å². The average Bonchev–Trinajstić information content (AvgIpc) is 3.01. The second kappa shape index (κ2) is 7.63. The molecule has 0 radical (unpaired) electrons. The lowest BCUT2D eigenvalue weighted by molar-refractivity contribution is -0.117. The molecule has 7 heteroatoms. The van der Waals surface area contributed by atoms with Crippen LogP contribution in [0.5, 0.6) is 0 Å². The predicted molar refractivity (Wildman–Crippen MR) is 116 cm³/mol. The van der Waals surface area contributed by atoms with Crippen molar-refractivity contribution < 1.29 is 18.3 Å². The number of hydrogen-bond acceptors (Lipinski definition) is 4. The smallest absolute Gasteiger partial charge is 0.295 e. The molecule has 0 saturated heterocycles. The molecule has 0 bridgehead atoms. The Bertz CT molecular complexity index is 1230. The summed E-state index contributed by atoms with van der Waals surface area (Å²) >= 11 is 5.90. The van der Waals surface area contributed by atoms with Gasteiger partial charge in [0.15, 0.2) is 5.76 Å². The van der Waals surface area contributed by atoms with Crippen LogP contribution in [0.25, 0.3) is 0 Å². The molecule has 3 aromatic carbocycles. The number of rotatable bonds is 4. The van der Waals surface area contributed by atoms with Gasteiger partial charge >= 0.3 is 0 Å².